The molecule has 1 aromatic carbocycles. The second-order valence-electron chi connectivity index (χ2n) is 7.76. The van der Waals surface area contributed by atoms with Crippen LogP contribution in [0.4, 0.5) is 0 Å². The first-order valence-corrected chi connectivity index (χ1v) is 7.07. The Morgan fingerprint density at radius 2 is 1.75 bits per heavy atom. The molecule has 0 amide bonds. The van der Waals surface area contributed by atoms with E-state index in [-0.39, 0.29) is 28.0 Å². The van der Waals surface area contributed by atoms with Gasteiger partial charge in [0.25, 0.3) is 0 Å². The maximum Gasteiger partial charge on any atom is 0.318 e. The molecule has 1 fully saturated rings. The number of esters is 1. The Bertz CT molecular complexity index is 508. The van der Waals surface area contributed by atoms with Crippen molar-refractivity contribution in [3.05, 3.63) is 24.3 Å². The molecule has 0 aromatic heterocycles. The summed E-state index contributed by atoms with van der Waals surface area (Å²) in [6.07, 6.45) is 1.69. The fourth-order valence-electron chi connectivity index (χ4n) is 3.06. The molecule has 2 rings (SSSR count). The molecule has 110 valence electrons. The molecule has 20 heavy (non-hydrogen) atoms. The van der Waals surface area contributed by atoms with Crippen molar-refractivity contribution in [2.24, 2.45) is 16.2 Å². The van der Waals surface area contributed by atoms with Gasteiger partial charge in [0.1, 0.15) is 11.5 Å². The van der Waals surface area contributed by atoms with E-state index in [1.165, 1.54) is 12.1 Å². The van der Waals surface area contributed by atoms with E-state index in [1.54, 1.807) is 12.1 Å². The van der Waals surface area contributed by atoms with Gasteiger partial charge in [0, 0.05) is 0 Å². The minimum atomic E-state index is -0.386. The van der Waals surface area contributed by atoms with Gasteiger partial charge in [0.2, 0.25) is 0 Å². The van der Waals surface area contributed by atoms with Crippen LogP contribution in [0.1, 0.15) is 47.5 Å². The maximum atomic E-state index is 12.6. The van der Waals surface area contributed by atoms with Crippen LogP contribution in [0.15, 0.2) is 24.3 Å². The van der Waals surface area contributed by atoms with Crippen LogP contribution in [0.5, 0.6) is 11.5 Å². The van der Waals surface area contributed by atoms with Gasteiger partial charge < -0.3 is 9.84 Å². The summed E-state index contributed by atoms with van der Waals surface area (Å²) in [4.78, 5) is 12.6. The molecule has 1 aromatic rings. The van der Waals surface area contributed by atoms with Gasteiger partial charge in [0.15, 0.2) is 0 Å². The van der Waals surface area contributed by atoms with Crippen LogP contribution in [-0.2, 0) is 4.79 Å². The average molecular weight is 276 g/mol. The molecule has 1 aliphatic carbocycles. The normalized spacial score (nSPS) is 24.2. The molecule has 1 N–H and O–H groups in total. The zero-order valence-corrected chi connectivity index (χ0v) is 13.0. The van der Waals surface area contributed by atoms with Crippen molar-refractivity contribution >= 4 is 5.97 Å². The number of rotatable bonds is 3. The Labute approximate surface area is 121 Å². The van der Waals surface area contributed by atoms with E-state index in [9.17, 15) is 9.90 Å². The highest BCUT2D eigenvalue weighted by atomic mass is 16.5. The van der Waals surface area contributed by atoms with Gasteiger partial charge >= 0.3 is 5.97 Å². The van der Waals surface area contributed by atoms with Crippen molar-refractivity contribution in [3.8, 4) is 11.5 Å². The minimum Gasteiger partial charge on any atom is -0.508 e. The lowest BCUT2D eigenvalue weighted by molar-refractivity contribution is -0.143. The zero-order chi connectivity index (χ0) is 15.2. The Morgan fingerprint density at radius 3 is 2.15 bits per heavy atom. The third kappa shape index (κ3) is 2.82. The summed E-state index contributed by atoms with van der Waals surface area (Å²) in [5.41, 5.74) is -0.306. The third-order valence-electron chi connectivity index (χ3n) is 4.18. The fourth-order valence-corrected chi connectivity index (χ4v) is 3.06. The number of benzene rings is 1. The highest BCUT2D eigenvalue weighted by Gasteiger charge is 2.68. The molecule has 3 nitrogen and oxygen atoms in total. The smallest absolute Gasteiger partial charge is 0.318 e. The molecule has 0 saturated heterocycles. The van der Waals surface area contributed by atoms with Crippen molar-refractivity contribution in [3.63, 3.8) is 0 Å². The molecule has 0 aliphatic heterocycles. The summed E-state index contributed by atoms with van der Waals surface area (Å²) in [5, 5.41) is 9.26. The number of carbonyl (C=O) groups excluding carboxylic acids is 1. The molecular weight excluding hydrogens is 252 g/mol. The Balaban J connectivity index is 2.15. The van der Waals surface area contributed by atoms with Crippen LogP contribution in [0, 0.1) is 16.2 Å². The molecule has 1 saturated carbocycles. The monoisotopic (exact) mass is 276 g/mol. The van der Waals surface area contributed by atoms with E-state index in [2.05, 4.69) is 34.6 Å². The first kappa shape index (κ1) is 14.9. The van der Waals surface area contributed by atoms with Crippen molar-refractivity contribution < 1.29 is 14.6 Å². The second-order valence-corrected chi connectivity index (χ2v) is 7.76. The van der Waals surface area contributed by atoms with Crippen molar-refractivity contribution in [2.45, 2.75) is 47.5 Å². The first-order valence-electron chi connectivity index (χ1n) is 7.07. The van der Waals surface area contributed by atoms with Crippen LogP contribution in [0.3, 0.4) is 0 Å². The molecule has 1 atom stereocenters. The third-order valence-corrected chi connectivity index (χ3v) is 4.18. The van der Waals surface area contributed by atoms with E-state index < -0.39 is 0 Å². The van der Waals surface area contributed by atoms with Crippen molar-refractivity contribution in [1.82, 2.24) is 0 Å². The summed E-state index contributed by atoms with van der Waals surface area (Å²) in [6.45, 7) is 10.7. The minimum absolute atomic E-state index is 0.00567. The molecule has 0 radical (unpaired) electrons. The molecule has 0 spiro atoms. The van der Waals surface area contributed by atoms with Gasteiger partial charge in [-0.1, -0.05) is 34.6 Å². The van der Waals surface area contributed by atoms with E-state index >= 15 is 0 Å². The number of phenolic OH excluding ortho intramolecular Hbond substituents is 1. The van der Waals surface area contributed by atoms with Crippen molar-refractivity contribution in [1.29, 1.82) is 0 Å². The number of hydrogen-bond acceptors (Lipinski definition) is 3. The Hall–Kier alpha value is -1.51. The van der Waals surface area contributed by atoms with E-state index in [0.29, 0.717) is 5.75 Å². The summed E-state index contributed by atoms with van der Waals surface area (Å²) in [7, 11) is 0. The van der Waals surface area contributed by atoms with Crippen LogP contribution in [-0.4, -0.2) is 11.1 Å². The van der Waals surface area contributed by atoms with E-state index in [0.717, 1.165) is 12.8 Å². The van der Waals surface area contributed by atoms with Gasteiger partial charge in [-0.3, -0.25) is 4.79 Å². The lowest BCUT2D eigenvalue weighted by atomic mass is 9.79. The van der Waals surface area contributed by atoms with Gasteiger partial charge in [-0.15, -0.1) is 0 Å². The first-order chi connectivity index (χ1) is 9.06. The molecular formula is C17H24O3. The van der Waals surface area contributed by atoms with Crippen LogP contribution >= 0.6 is 0 Å². The quantitative estimate of drug-likeness (QED) is 0.666. The molecule has 0 heterocycles. The topological polar surface area (TPSA) is 46.5 Å². The van der Waals surface area contributed by atoms with E-state index in [1.807, 2.05) is 0 Å². The Kier molecular flexibility index (Phi) is 3.35. The standard InChI is InChI=1S/C17H24O3/c1-15(2,3)10-17(11-16(17,4)5)14(19)20-13-8-6-12(18)7-9-13/h6-9,18H,10-11H2,1-5H3. The molecule has 1 aliphatic rings. The van der Waals surface area contributed by atoms with Crippen LogP contribution in [0.25, 0.3) is 0 Å². The summed E-state index contributed by atoms with van der Waals surface area (Å²) < 4.78 is 5.53. The van der Waals surface area contributed by atoms with Crippen LogP contribution < -0.4 is 4.74 Å². The predicted octanol–water partition coefficient (Wildman–Crippen LogP) is 4.15. The maximum absolute atomic E-state index is 12.6. The molecule has 3 heteroatoms. The predicted molar refractivity (Wildman–Crippen MR) is 78.6 cm³/mol. The number of aromatic hydroxyl groups is 1. The molecule has 1 unspecified atom stereocenters. The van der Waals surface area contributed by atoms with Gasteiger partial charge in [-0.25, -0.2) is 0 Å². The largest absolute Gasteiger partial charge is 0.508 e. The summed E-state index contributed by atoms with van der Waals surface area (Å²) >= 11 is 0. The highest BCUT2D eigenvalue weighted by Crippen LogP contribution is 2.68. The zero-order valence-electron chi connectivity index (χ0n) is 13.0. The number of hydrogen-bond donors (Lipinski definition) is 1. The van der Waals surface area contributed by atoms with Gasteiger partial charge in [-0.2, -0.15) is 0 Å². The Morgan fingerprint density at radius 1 is 1.25 bits per heavy atom. The lowest BCUT2D eigenvalue weighted by Crippen LogP contribution is -2.30. The lowest BCUT2D eigenvalue weighted by Gasteiger charge is -2.27. The van der Waals surface area contributed by atoms with Crippen LogP contribution in [0.2, 0.25) is 0 Å². The van der Waals surface area contributed by atoms with Crippen molar-refractivity contribution in [2.75, 3.05) is 0 Å². The SMILES string of the molecule is CC(C)(C)CC1(C(=O)Oc2ccc(O)cc2)CC1(C)C. The van der Waals surface area contributed by atoms with Gasteiger partial charge in [0.05, 0.1) is 5.41 Å². The summed E-state index contributed by atoms with van der Waals surface area (Å²) in [6, 6.07) is 6.29. The number of carbonyl (C=O) groups is 1. The fraction of sp³-hybridized carbons (Fsp3) is 0.588. The average Bonchev–Trinajstić information content (AvgIpc) is 2.82. The number of ether oxygens (including phenoxy) is 1. The number of phenols is 1. The van der Waals surface area contributed by atoms with Gasteiger partial charge in [-0.05, 0) is 47.9 Å². The molecule has 0 bridgehead atoms. The summed E-state index contributed by atoms with van der Waals surface area (Å²) in [5.74, 6) is 0.507. The second kappa shape index (κ2) is 4.51. The highest BCUT2D eigenvalue weighted by molar-refractivity contribution is 5.83. The van der Waals surface area contributed by atoms with E-state index in [4.69, 9.17) is 4.74 Å².